The van der Waals surface area contributed by atoms with Crippen LogP contribution < -0.4 is 5.14 Å². The highest BCUT2D eigenvalue weighted by atomic mass is 32.2. The zero-order valence-electron chi connectivity index (χ0n) is 17.5. The van der Waals surface area contributed by atoms with Crippen molar-refractivity contribution in [3.8, 4) is 11.3 Å². The highest BCUT2D eigenvalue weighted by Crippen LogP contribution is 2.35. The van der Waals surface area contributed by atoms with Crippen molar-refractivity contribution < 1.29 is 17.6 Å². The van der Waals surface area contributed by atoms with E-state index in [4.69, 9.17) is 21.8 Å². The average Bonchev–Trinajstić information content (AvgIpc) is 3.30. The van der Waals surface area contributed by atoms with E-state index in [9.17, 15) is 13.2 Å². The predicted octanol–water partition coefficient (Wildman–Crippen LogP) is 5.01. The van der Waals surface area contributed by atoms with Gasteiger partial charge >= 0.3 is 0 Å². The van der Waals surface area contributed by atoms with Gasteiger partial charge in [0.2, 0.25) is 10.0 Å². The number of furan rings is 1. The van der Waals surface area contributed by atoms with E-state index in [2.05, 4.69) is 13.8 Å². The summed E-state index contributed by atoms with van der Waals surface area (Å²) in [6.07, 6.45) is 6.10. The Labute approximate surface area is 192 Å². The summed E-state index contributed by atoms with van der Waals surface area (Å²) >= 11 is 6.74. The lowest BCUT2D eigenvalue weighted by Crippen LogP contribution is -2.33. The van der Waals surface area contributed by atoms with E-state index in [1.54, 1.807) is 35.2 Å². The van der Waals surface area contributed by atoms with Crippen molar-refractivity contribution in [3.05, 3.63) is 47.1 Å². The van der Waals surface area contributed by atoms with E-state index in [1.165, 1.54) is 23.9 Å². The lowest BCUT2D eigenvalue weighted by molar-refractivity contribution is -0.122. The molecule has 1 aliphatic rings. The largest absolute Gasteiger partial charge is 0.457 e. The van der Waals surface area contributed by atoms with Crippen molar-refractivity contribution in [1.82, 2.24) is 4.90 Å². The van der Waals surface area contributed by atoms with Crippen LogP contribution in [0.15, 0.2) is 50.6 Å². The van der Waals surface area contributed by atoms with Crippen LogP contribution in [0.5, 0.6) is 0 Å². The van der Waals surface area contributed by atoms with Gasteiger partial charge in [0.05, 0.1) is 9.80 Å². The molecule has 1 aromatic carbocycles. The fraction of sp³-hybridized carbons (Fsp3) is 0.364. The maximum absolute atomic E-state index is 12.9. The first-order chi connectivity index (χ1) is 14.7. The number of thiocarbonyl (C=S) groups is 1. The number of hydrogen-bond acceptors (Lipinski definition) is 6. The third kappa shape index (κ3) is 5.85. The van der Waals surface area contributed by atoms with Gasteiger partial charge in [0.25, 0.3) is 5.91 Å². The molecule has 0 saturated carbocycles. The second-order valence-corrected chi connectivity index (χ2v) is 10.7. The standard InChI is InChI=1S/C22H26N2O4S3/c1-3-5-6-15(4-2)14-24-21(25)20(30-22(24)29)13-17-9-12-19(28-17)16-7-10-18(11-8-16)31(23,26)27/h7-13,15H,3-6,14H2,1-2H3,(H2,23,26,27)/b20-13+/t15-/m1/s1. The molecule has 1 amide bonds. The summed E-state index contributed by atoms with van der Waals surface area (Å²) in [5, 5.41) is 5.13. The average molecular weight is 479 g/mol. The predicted molar refractivity (Wildman–Crippen MR) is 129 cm³/mol. The summed E-state index contributed by atoms with van der Waals surface area (Å²) < 4.78 is 29.2. The number of carbonyl (C=O) groups excluding carboxylic acids is 1. The van der Waals surface area contributed by atoms with E-state index >= 15 is 0 Å². The van der Waals surface area contributed by atoms with Gasteiger partial charge in [-0.05, 0) is 48.7 Å². The Hall–Kier alpha value is -1.94. The monoisotopic (exact) mass is 478 g/mol. The molecule has 166 valence electrons. The first kappa shape index (κ1) is 23.7. The van der Waals surface area contributed by atoms with Crippen molar-refractivity contribution >= 4 is 50.3 Å². The molecule has 1 saturated heterocycles. The summed E-state index contributed by atoms with van der Waals surface area (Å²) in [4.78, 5) is 15.2. The molecule has 2 N–H and O–H groups in total. The van der Waals surface area contributed by atoms with Crippen LogP contribution in [-0.4, -0.2) is 30.1 Å². The van der Waals surface area contributed by atoms with Crippen molar-refractivity contribution in [2.24, 2.45) is 11.1 Å². The highest BCUT2D eigenvalue weighted by molar-refractivity contribution is 8.26. The number of thioether (sulfide) groups is 1. The van der Waals surface area contributed by atoms with Gasteiger partial charge in [0.15, 0.2) is 0 Å². The first-order valence-corrected chi connectivity index (χ1v) is 13.0. The number of hydrogen-bond donors (Lipinski definition) is 1. The summed E-state index contributed by atoms with van der Waals surface area (Å²) in [5.41, 5.74) is 0.710. The van der Waals surface area contributed by atoms with Crippen LogP contribution in [-0.2, 0) is 14.8 Å². The molecule has 6 nitrogen and oxygen atoms in total. The minimum absolute atomic E-state index is 0.0380. The quantitative estimate of drug-likeness (QED) is 0.402. The van der Waals surface area contributed by atoms with Crippen LogP contribution in [0.25, 0.3) is 17.4 Å². The topological polar surface area (TPSA) is 93.6 Å². The first-order valence-electron chi connectivity index (χ1n) is 10.2. The minimum atomic E-state index is -3.74. The van der Waals surface area contributed by atoms with Crippen LogP contribution in [0.4, 0.5) is 0 Å². The number of carbonyl (C=O) groups is 1. The van der Waals surface area contributed by atoms with Gasteiger partial charge in [-0.1, -0.05) is 57.1 Å². The van der Waals surface area contributed by atoms with Crippen molar-refractivity contribution in [2.75, 3.05) is 6.54 Å². The maximum atomic E-state index is 12.9. The number of primary sulfonamides is 1. The fourth-order valence-corrected chi connectivity index (χ4v) is 5.13. The number of unbranched alkanes of at least 4 members (excludes halogenated alkanes) is 1. The fourth-order valence-electron chi connectivity index (χ4n) is 3.36. The molecule has 1 atom stereocenters. The lowest BCUT2D eigenvalue weighted by atomic mass is 9.99. The molecule has 1 aromatic heterocycles. The number of nitrogens with zero attached hydrogens (tertiary/aromatic N) is 1. The molecule has 9 heteroatoms. The molecule has 0 unspecified atom stereocenters. The van der Waals surface area contributed by atoms with Gasteiger partial charge in [-0.25, -0.2) is 13.6 Å². The number of amides is 1. The zero-order chi connectivity index (χ0) is 22.6. The van der Waals surface area contributed by atoms with E-state index in [0.717, 1.165) is 25.7 Å². The number of sulfonamides is 1. The van der Waals surface area contributed by atoms with Crippen molar-refractivity contribution in [2.45, 2.75) is 44.4 Å². The molecule has 0 bridgehead atoms. The number of nitrogens with two attached hydrogens (primary N) is 1. The minimum Gasteiger partial charge on any atom is -0.457 e. The Bertz CT molecular complexity index is 1090. The Morgan fingerprint density at radius 3 is 2.52 bits per heavy atom. The molecule has 0 spiro atoms. The Morgan fingerprint density at radius 2 is 1.90 bits per heavy atom. The van der Waals surface area contributed by atoms with E-state index < -0.39 is 10.0 Å². The molecular weight excluding hydrogens is 452 g/mol. The second-order valence-electron chi connectivity index (χ2n) is 7.48. The van der Waals surface area contributed by atoms with Gasteiger partial charge in [-0.2, -0.15) is 0 Å². The molecule has 31 heavy (non-hydrogen) atoms. The number of rotatable bonds is 9. The Balaban J connectivity index is 1.73. The van der Waals surface area contributed by atoms with Gasteiger partial charge in [0, 0.05) is 18.2 Å². The molecule has 0 aliphatic carbocycles. The zero-order valence-corrected chi connectivity index (χ0v) is 20.0. The Morgan fingerprint density at radius 1 is 1.19 bits per heavy atom. The number of benzene rings is 1. The molecule has 0 radical (unpaired) electrons. The van der Waals surface area contributed by atoms with Crippen LogP contribution in [0, 0.1) is 5.92 Å². The second kappa shape index (κ2) is 10.1. The summed E-state index contributed by atoms with van der Waals surface area (Å²) in [6, 6.07) is 9.66. The van der Waals surface area contributed by atoms with Crippen LogP contribution in [0.1, 0.15) is 45.3 Å². The third-order valence-electron chi connectivity index (χ3n) is 5.23. The van der Waals surface area contributed by atoms with Crippen molar-refractivity contribution in [1.29, 1.82) is 0 Å². The van der Waals surface area contributed by atoms with Gasteiger partial charge < -0.3 is 4.42 Å². The van der Waals surface area contributed by atoms with Crippen LogP contribution in [0.3, 0.4) is 0 Å². The maximum Gasteiger partial charge on any atom is 0.266 e. The Kier molecular flexibility index (Phi) is 7.74. The molecule has 1 aliphatic heterocycles. The smallest absolute Gasteiger partial charge is 0.266 e. The van der Waals surface area contributed by atoms with E-state index in [1.807, 2.05) is 0 Å². The third-order valence-corrected chi connectivity index (χ3v) is 7.53. The van der Waals surface area contributed by atoms with Gasteiger partial charge in [-0.3, -0.25) is 9.69 Å². The normalized spacial score (nSPS) is 17.0. The van der Waals surface area contributed by atoms with E-state index in [-0.39, 0.29) is 10.8 Å². The van der Waals surface area contributed by atoms with Crippen LogP contribution >= 0.6 is 24.0 Å². The molecular formula is C22H26N2O4S3. The van der Waals surface area contributed by atoms with Gasteiger partial charge in [-0.15, -0.1) is 0 Å². The summed E-state index contributed by atoms with van der Waals surface area (Å²) in [5.74, 6) is 1.45. The molecule has 2 aromatic rings. The lowest BCUT2D eigenvalue weighted by Gasteiger charge is -2.21. The van der Waals surface area contributed by atoms with Gasteiger partial charge in [0.1, 0.15) is 15.8 Å². The van der Waals surface area contributed by atoms with E-state index in [0.29, 0.717) is 38.8 Å². The summed E-state index contributed by atoms with van der Waals surface area (Å²) in [7, 11) is -3.74. The molecule has 2 heterocycles. The van der Waals surface area contributed by atoms with Crippen molar-refractivity contribution in [3.63, 3.8) is 0 Å². The summed E-state index contributed by atoms with van der Waals surface area (Å²) in [6.45, 7) is 4.97. The SMILES string of the molecule is CCCC[C@@H](CC)CN1C(=O)/C(=C\c2ccc(-c3ccc(S(N)(=O)=O)cc3)o2)SC1=S. The molecule has 3 rings (SSSR count). The molecule has 1 fully saturated rings. The van der Waals surface area contributed by atoms with Crippen LogP contribution in [0.2, 0.25) is 0 Å². The highest BCUT2D eigenvalue weighted by Gasteiger charge is 2.33.